The molecule has 0 bridgehead atoms. The fraction of sp³-hybridized carbons (Fsp3) is 0.875. The van der Waals surface area contributed by atoms with E-state index in [0.717, 1.165) is 13.0 Å². The van der Waals surface area contributed by atoms with Crippen molar-refractivity contribution in [2.24, 2.45) is 0 Å². The lowest BCUT2D eigenvalue weighted by Crippen LogP contribution is -2.38. The molecule has 1 atom stereocenters. The highest BCUT2D eigenvalue weighted by Gasteiger charge is 2.14. The Morgan fingerprint density at radius 3 is 2.36 bits per heavy atom. The van der Waals surface area contributed by atoms with Crippen molar-refractivity contribution in [2.45, 2.75) is 33.2 Å². The number of hydrogen-bond acceptors (Lipinski definition) is 1. The van der Waals surface area contributed by atoms with Crippen LogP contribution in [0.2, 0.25) is 0 Å². The Hall–Kier alpha value is -0.240. The first kappa shape index (κ1) is 10.8. The van der Waals surface area contributed by atoms with E-state index in [2.05, 4.69) is 6.92 Å². The normalized spacial score (nSPS) is 12.7. The van der Waals surface area contributed by atoms with E-state index >= 15 is 0 Å². The molecule has 0 aromatic heterocycles. The van der Waals surface area contributed by atoms with E-state index in [9.17, 15) is 4.79 Å². The van der Waals surface area contributed by atoms with Crippen LogP contribution in [0.5, 0.6) is 0 Å². The van der Waals surface area contributed by atoms with Gasteiger partial charge in [0, 0.05) is 12.6 Å². The summed E-state index contributed by atoms with van der Waals surface area (Å²) < 4.78 is 0. The monoisotopic (exact) mass is 177 g/mol. The lowest BCUT2D eigenvalue weighted by molar-refractivity contribution is -0.130. The van der Waals surface area contributed by atoms with Crippen molar-refractivity contribution in [3.05, 3.63) is 0 Å². The standard InChI is InChI=1S/C8H16ClNO/c1-4-7(3)10(5-2)8(11)6-9/h7H,4-6H2,1-3H3. The summed E-state index contributed by atoms with van der Waals surface area (Å²) in [6.07, 6.45) is 0.983. The molecule has 0 N–H and O–H groups in total. The van der Waals surface area contributed by atoms with E-state index in [1.165, 1.54) is 0 Å². The van der Waals surface area contributed by atoms with Gasteiger partial charge in [-0.1, -0.05) is 6.92 Å². The minimum absolute atomic E-state index is 0.0310. The van der Waals surface area contributed by atoms with Gasteiger partial charge in [-0.3, -0.25) is 4.79 Å². The molecule has 0 fully saturated rings. The number of nitrogens with zero attached hydrogens (tertiary/aromatic N) is 1. The zero-order chi connectivity index (χ0) is 8.85. The second-order valence-electron chi connectivity index (χ2n) is 2.57. The quantitative estimate of drug-likeness (QED) is 0.601. The Morgan fingerprint density at radius 2 is 2.09 bits per heavy atom. The van der Waals surface area contributed by atoms with Gasteiger partial charge in [0.2, 0.25) is 5.91 Å². The third-order valence-corrected chi connectivity index (χ3v) is 2.13. The molecule has 0 saturated carbocycles. The highest BCUT2D eigenvalue weighted by molar-refractivity contribution is 6.27. The van der Waals surface area contributed by atoms with E-state index < -0.39 is 0 Å². The maximum absolute atomic E-state index is 11.1. The molecule has 0 aliphatic carbocycles. The molecule has 0 spiro atoms. The molecule has 11 heavy (non-hydrogen) atoms. The van der Waals surface area contributed by atoms with Crippen LogP contribution in [-0.4, -0.2) is 29.3 Å². The highest BCUT2D eigenvalue weighted by atomic mass is 35.5. The predicted octanol–water partition coefficient (Wildman–Crippen LogP) is 1.87. The molecule has 2 nitrogen and oxygen atoms in total. The fourth-order valence-corrected chi connectivity index (χ4v) is 1.18. The smallest absolute Gasteiger partial charge is 0.237 e. The first-order chi connectivity index (χ1) is 5.17. The Labute approximate surface area is 73.5 Å². The Bertz CT molecular complexity index is 127. The molecule has 0 saturated heterocycles. The van der Waals surface area contributed by atoms with Gasteiger partial charge in [-0.2, -0.15) is 0 Å². The molecule has 3 heteroatoms. The molecular weight excluding hydrogens is 162 g/mol. The van der Waals surface area contributed by atoms with Gasteiger partial charge in [-0.25, -0.2) is 0 Å². The second-order valence-corrected chi connectivity index (χ2v) is 2.84. The summed E-state index contributed by atoms with van der Waals surface area (Å²) >= 11 is 5.44. The highest BCUT2D eigenvalue weighted by Crippen LogP contribution is 2.03. The summed E-state index contributed by atoms with van der Waals surface area (Å²) in [6, 6.07) is 0.311. The molecule has 0 aromatic carbocycles. The lowest BCUT2D eigenvalue weighted by atomic mass is 10.2. The summed E-state index contributed by atoms with van der Waals surface area (Å²) in [5, 5.41) is 0. The molecule has 1 amide bonds. The Kier molecular flexibility index (Phi) is 5.30. The summed E-state index contributed by atoms with van der Waals surface area (Å²) in [5.74, 6) is 0.126. The average molecular weight is 178 g/mol. The van der Waals surface area contributed by atoms with Crippen LogP contribution < -0.4 is 0 Å². The topological polar surface area (TPSA) is 20.3 Å². The van der Waals surface area contributed by atoms with Gasteiger partial charge in [0.15, 0.2) is 0 Å². The molecule has 0 radical (unpaired) electrons. The number of amides is 1. The van der Waals surface area contributed by atoms with Crippen molar-refractivity contribution in [2.75, 3.05) is 12.4 Å². The van der Waals surface area contributed by atoms with Crippen molar-refractivity contribution >= 4 is 17.5 Å². The molecule has 66 valence electrons. The minimum atomic E-state index is 0.0310. The van der Waals surface area contributed by atoms with Crippen LogP contribution in [0.4, 0.5) is 0 Å². The van der Waals surface area contributed by atoms with Crippen molar-refractivity contribution in [3.63, 3.8) is 0 Å². The van der Waals surface area contributed by atoms with Crippen LogP contribution in [-0.2, 0) is 4.79 Å². The third-order valence-electron chi connectivity index (χ3n) is 1.90. The van der Waals surface area contributed by atoms with Crippen molar-refractivity contribution in [1.82, 2.24) is 4.90 Å². The second kappa shape index (κ2) is 5.42. The predicted molar refractivity (Wildman–Crippen MR) is 47.9 cm³/mol. The SMILES string of the molecule is CCC(C)N(CC)C(=O)CCl. The molecular formula is C8H16ClNO. The molecule has 0 aromatic rings. The van der Waals surface area contributed by atoms with Gasteiger partial charge >= 0.3 is 0 Å². The van der Waals surface area contributed by atoms with Crippen molar-refractivity contribution in [3.8, 4) is 0 Å². The van der Waals surface area contributed by atoms with E-state index in [1.807, 2.05) is 13.8 Å². The van der Waals surface area contributed by atoms with Gasteiger partial charge < -0.3 is 4.90 Å². The molecule has 0 aliphatic heterocycles. The lowest BCUT2D eigenvalue weighted by Gasteiger charge is -2.26. The van der Waals surface area contributed by atoms with E-state index in [0.29, 0.717) is 6.04 Å². The van der Waals surface area contributed by atoms with Gasteiger partial charge in [0.05, 0.1) is 0 Å². The number of carbonyl (C=O) groups is 1. The summed E-state index contributed by atoms with van der Waals surface area (Å²) in [7, 11) is 0. The zero-order valence-corrected chi connectivity index (χ0v) is 8.19. The summed E-state index contributed by atoms with van der Waals surface area (Å²) in [6.45, 7) is 6.82. The number of hydrogen-bond donors (Lipinski definition) is 0. The van der Waals surface area contributed by atoms with E-state index in [-0.39, 0.29) is 11.8 Å². The molecule has 1 unspecified atom stereocenters. The van der Waals surface area contributed by atoms with Crippen LogP contribution in [0, 0.1) is 0 Å². The number of alkyl halides is 1. The molecule has 0 heterocycles. The maximum Gasteiger partial charge on any atom is 0.237 e. The van der Waals surface area contributed by atoms with Crippen LogP contribution in [0.1, 0.15) is 27.2 Å². The van der Waals surface area contributed by atoms with Gasteiger partial charge in [0.25, 0.3) is 0 Å². The van der Waals surface area contributed by atoms with E-state index in [4.69, 9.17) is 11.6 Å². The molecule has 0 rings (SSSR count). The average Bonchev–Trinajstić information content (AvgIpc) is 2.05. The summed E-state index contributed by atoms with van der Waals surface area (Å²) in [5.41, 5.74) is 0. The number of carbonyl (C=O) groups excluding carboxylic acids is 1. The first-order valence-electron chi connectivity index (χ1n) is 4.02. The van der Waals surface area contributed by atoms with Crippen LogP contribution in [0.15, 0.2) is 0 Å². The van der Waals surface area contributed by atoms with Crippen molar-refractivity contribution < 1.29 is 4.79 Å². The maximum atomic E-state index is 11.1. The largest absolute Gasteiger partial charge is 0.339 e. The van der Waals surface area contributed by atoms with Crippen LogP contribution in [0.25, 0.3) is 0 Å². The Balaban J connectivity index is 4.03. The fourth-order valence-electron chi connectivity index (χ4n) is 1.03. The number of halogens is 1. The molecule has 0 aliphatic rings. The Morgan fingerprint density at radius 1 is 1.55 bits per heavy atom. The number of rotatable bonds is 4. The first-order valence-corrected chi connectivity index (χ1v) is 4.56. The zero-order valence-electron chi connectivity index (χ0n) is 7.43. The third kappa shape index (κ3) is 3.10. The van der Waals surface area contributed by atoms with Gasteiger partial charge in [-0.15, -0.1) is 11.6 Å². The van der Waals surface area contributed by atoms with Crippen molar-refractivity contribution in [1.29, 1.82) is 0 Å². The van der Waals surface area contributed by atoms with Crippen LogP contribution >= 0.6 is 11.6 Å². The van der Waals surface area contributed by atoms with Gasteiger partial charge in [0.1, 0.15) is 5.88 Å². The van der Waals surface area contributed by atoms with Crippen LogP contribution in [0.3, 0.4) is 0 Å². The van der Waals surface area contributed by atoms with E-state index in [1.54, 1.807) is 4.90 Å². The summed E-state index contributed by atoms with van der Waals surface area (Å²) in [4.78, 5) is 12.9. The minimum Gasteiger partial charge on any atom is -0.339 e. The van der Waals surface area contributed by atoms with Gasteiger partial charge in [-0.05, 0) is 20.3 Å².